The Morgan fingerprint density at radius 1 is 1.15 bits per heavy atom. The third-order valence-electron chi connectivity index (χ3n) is 4.65. The second kappa shape index (κ2) is 5.68. The Morgan fingerprint density at radius 3 is 2.65 bits per heavy atom. The first-order chi connectivity index (χ1) is 9.69. The van der Waals surface area contributed by atoms with Crippen molar-refractivity contribution in [1.82, 2.24) is 5.32 Å². The Morgan fingerprint density at radius 2 is 1.90 bits per heavy atom. The van der Waals surface area contributed by atoms with Crippen molar-refractivity contribution in [2.75, 3.05) is 18.0 Å². The summed E-state index contributed by atoms with van der Waals surface area (Å²) in [4.78, 5) is 1.89. The highest BCUT2D eigenvalue weighted by Gasteiger charge is 2.36. The molecule has 2 aliphatic rings. The minimum absolute atomic E-state index is 0.0200. The molecule has 110 valence electrons. The molecule has 1 aliphatic carbocycles. The van der Waals surface area contributed by atoms with Gasteiger partial charge in [-0.05, 0) is 24.5 Å². The number of nitrogens with zero attached hydrogens (tertiary/aromatic N) is 1. The minimum Gasteiger partial charge on any atom is -0.364 e. The Balaban J connectivity index is 1.90. The second-order valence-electron chi connectivity index (χ2n) is 6.09. The van der Waals surface area contributed by atoms with Crippen LogP contribution in [0, 0.1) is 0 Å². The summed E-state index contributed by atoms with van der Waals surface area (Å²) in [5, 5.41) is 3.67. The van der Waals surface area contributed by atoms with E-state index >= 15 is 0 Å². The van der Waals surface area contributed by atoms with E-state index in [2.05, 4.69) is 5.32 Å². The zero-order chi connectivity index (χ0) is 14.0. The number of rotatable bonds is 2. The van der Waals surface area contributed by atoms with Crippen molar-refractivity contribution in [1.29, 1.82) is 0 Å². The van der Waals surface area contributed by atoms with Crippen molar-refractivity contribution >= 4 is 5.69 Å². The van der Waals surface area contributed by atoms with Crippen molar-refractivity contribution in [2.45, 2.75) is 50.6 Å². The van der Waals surface area contributed by atoms with Gasteiger partial charge in [-0.25, -0.2) is 8.78 Å². The van der Waals surface area contributed by atoms with E-state index in [0.29, 0.717) is 6.54 Å². The van der Waals surface area contributed by atoms with Crippen LogP contribution in [0.25, 0.3) is 0 Å². The van der Waals surface area contributed by atoms with E-state index in [0.717, 1.165) is 30.6 Å². The van der Waals surface area contributed by atoms with Crippen LogP contribution in [0.3, 0.4) is 0 Å². The zero-order valence-corrected chi connectivity index (χ0v) is 11.7. The Labute approximate surface area is 119 Å². The molecule has 0 radical (unpaired) electrons. The van der Waals surface area contributed by atoms with Crippen LogP contribution in [0.4, 0.5) is 14.5 Å². The van der Waals surface area contributed by atoms with Crippen LogP contribution in [-0.4, -0.2) is 25.1 Å². The predicted molar refractivity (Wildman–Crippen MR) is 77.3 cm³/mol. The lowest BCUT2D eigenvalue weighted by molar-refractivity contribution is 0.149. The summed E-state index contributed by atoms with van der Waals surface area (Å²) in [6, 6.07) is 7.94. The molecule has 3 rings (SSSR count). The SMILES string of the molecule is FC(F)CN1CC2(CCCCC2)NCc2ccccc21. The third-order valence-corrected chi connectivity index (χ3v) is 4.65. The highest BCUT2D eigenvalue weighted by molar-refractivity contribution is 5.55. The smallest absolute Gasteiger partial charge is 0.255 e. The Bertz CT molecular complexity index is 456. The van der Waals surface area contributed by atoms with Gasteiger partial charge >= 0.3 is 0 Å². The van der Waals surface area contributed by atoms with Crippen molar-refractivity contribution in [3.05, 3.63) is 29.8 Å². The lowest BCUT2D eigenvalue weighted by Crippen LogP contribution is -2.53. The number of anilines is 1. The number of para-hydroxylation sites is 1. The number of alkyl halides is 2. The predicted octanol–water partition coefficient (Wildman–Crippen LogP) is 3.56. The maximum absolute atomic E-state index is 12.9. The minimum atomic E-state index is -2.29. The molecule has 0 unspecified atom stereocenters. The summed E-state index contributed by atoms with van der Waals surface area (Å²) < 4.78 is 25.9. The molecule has 1 aliphatic heterocycles. The van der Waals surface area contributed by atoms with E-state index < -0.39 is 6.43 Å². The number of halogens is 2. The fourth-order valence-corrected chi connectivity index (χ4v) is 3.65. The highest BCUT2D eigenvalue weighted by atomic mass is 19.3. The van der Waals surface area contributed by atoms with Gasteiger partial charge in [-0.3, -0.25) is 0 Å². The molecule has 1 heterocycles. The summed E-state index contributed by atoms with van der Waals surface area (Å²) in [5.74, 6) is 0. The molecule has 2 nitrogen and oxygen atoms in total. The van der Waals surface area contributed by atoms with Gasteiger partial charge in [0.25, 0.3) is 6.43 Å². The van der Waals surface area contributed by atoms with Crippen molar-refractivity contribution in [3.63, 3.8) is 0 Å². The first-order valence-corrected chi connectivity index (χ1v) is 7.55. The fraction of sp³-hybridized carbons (Fsp3) is 0.625. The number of hydrogen-bond acceptors (Lipinski definition) is 2. The fourth-order valence-electron chi connectivity index (χ4n) is 3.65. The molecule has 0 atom stereocenters. The second-order valence-corrected chi connectivity index (χ2v) is 6.09. The molecule has 1 N–H and O–H groups in total. The number of fused-ring (bicyclic) bond motifs is 1. The molecule has 1 spiro atoms. The van der Waals surface area contributed by atoms with Crippen LogP contribution in [0.2, 0.25) is 0 Å². The molecule has 1 fully saturated rings. The molecule has 0 amide bonds. The topological polar surface area (TPSA) is 15.3 Å². The van der Waals surface area contributed by atoms with Gasteiger partial charge in [0.05, 0.1) is 6.54 Å². The van der Waals surface area contributed by atoms with Crippen LogP contribution in [-0.2, 0) is 6.54 Å². The summed E-state index contributed by atoms with van der Waals surface area (Å²) >= 11 is 0. The Hall–Kier alpha value is -1.16. The van der Waals surface area contributed by atoms with Gasteiger partial charge in [0.1, 0.15) is 0 Å². The van der Waals surface area contributed by atoms with Crippen molar-refractivity contribution in [2.24, 2.45) is 0 Å². The van der Waals surface area contributed by atoms with E-state index in [-0.39, 0.29) is 12.1 Å². The third kappa shape index (κ3) is 2.80. The molecule has 1 saturated carbocycles. The first-order valence-electron chi connectivity index (χ1n) is 7.55. The average molecular weight is 280 g/mol. The molecule has 1 aromatic rings. The molecule has 20 heavy (non-hydrogen) atoms. The molecule has 0 saturated heterocycles. The van der Waals surface area contributed by atoms with E-state index in [1.165, 1.54) is 19.3 Å². The van der Waals surface area contributed by atoms with E-state index in [4.69, 9.17) is 0 Å². The van der Waals surface area contributed by atoms with E-state index in [1.807, 2.05) is 29.2 Å². The van der Waals surface area contributed by atoms with Gasteiger partial charge in [-0.1, -0.05) is 37.5 Å². The monoisotopic (exact) mass is 280 g/mol. The largest absolute Gasteiger partial charge is 0.364 e. The maximum atomic E-state index is 12.9. The number of benzene rings is 1. The normalized spacial score (nSPS) is 21.9. The van der Waals surface area contributed by atoms with Crippen molar-refractivity contribution in [3.8, 4) is 0 Å². The summed E-state index contributed by atoms with van der Waals surface area (Å²) in [6.07, 6.45) is 3.58. The quantitative estimate of drug-likeness (QED) is 0.891. The first kappa shape index (κ1) is 13.8. The zero-order valence-electron chi connectivity index (χ0n) is 11.7. The molecule has 0 aromatic heterocycles. The molecule has 0 bridgehead atoms. The Kier molecular flexibility index (Phi) is 3.92. The molecule has 1 aromatic carbocycles. The lowest BCUT2D eigenvalue weighted by Gasteiger charge is -2.40. The van der Waals surface area contributed by atoms with Crippen molar-refractivity contribution < 1.29 is 8.78 Å². The van der Waals surface area contributed by atoms with E-state index in [1.54, 1.807) is 0 Å². The molecular weight excluding hydrogens is 258 g/mol. The summed E-state index contributed by atoms with van der Waals surface area (Å²) in [7, 11) is 0. The summed E-state index contributed by atoms with van der Waals surface area (Å²) in [5.41, 5.74) is 2.13. The van der Waals surface area contributed by atoms with Crippen LogP contribution >= 0.6 is 0 Å². The lowest BCUT2D eigenvalue weighted by atomic mass is 9.81. The van der Waals surface area contributed by atoms with Gasteiger partial charge in [0.2, 0.25) is 0 Å². The van der Waals surface area contributed by atoms with Crippen LogP contribution in [0.1, 0.15) is 37.7 Å². The standard InChI is InChI=1S/C16H22F2N2/c17-15(18)11-20-12-16(8-4-1-5-9-16)19-10-13-6-2-3-7-14(13)20/h2-3,6-7,15,19H,1,4-5,8-12H2. The van der Waals surface area contributed by atoms with E-state index in [9.17, 15) is 8.78 Å². The van der Waals surface area contributed by atoms with Crippen LogP contribution in [0.15, 0.2) is 24.3 Å². The van der Waals surface area contributed by atoms with Crippen LogP contribution < -0.4 is 10.2 Å². The molecular formula is C16H22F2N2. The maximum Gasteiger partial charge on any atom is 0.255 e. The van der Waals surface area contributed by atoms with Gasteiger partial charge < -0.3 is 10.2 Å². The average Bonchev–Trinajstić information content (AvgIpc) is 2.58. The summed E-state index contributed by atoms with van der Waals surface area (Å²) in [6.45, 7) is 1.32. The van der Waals surface area contributed by atoms with Gasteiger partial charge in [-0.15, -0.1) is 0 Å². The van der Waals surface area contributed by atoms with Crippen LogP contribution in [0.5, 0.6) is 0 Å². The number of hydrogen-bond donors (Lipinski definition) is 1. The molecule has 4 heteroatoms. The van der Waals surface area contributed by atoms with Gasteiger partial charge in [0.15, 0.2) is 0 Å². The highest BCUT2D eigenvalue weighted by Crippen LogP contribution is 2.34. The number of nitrogens with one attached hydrogen (secondary N) is 1. The van der Waals surface area contributed by atoms with Gasteiger partial charge in [0, 0.05) is 24.3 Å². The van der Waals surface area contributed by atoms with Gasteiger partial charge in [-0.2, -0.15) is 0 Å².